The molecule has 3 heterocycles. The molecular weight excluding hydrogens is 320 g/mol. The lowest BCUT2D eigenvalue weighted by Crippen LogP contribution is -2.57. The van der Waals surface area contributed by atoms with E-state index in [0.717, 1.165) is 6.42 Å². The van der Waals surface area contributed by atoms with E-state index in [1.165, 1.54) is 0 Å². The molecule has 8 heteroatoms. The summed E-state index contributed by atoms with van der Waals surface area (Å²) in [4.78, 5) is 34.9. The first kappa shape index (κ1) is 17.3. The summed E-state index contributed by atoms with van der Waals surface area (Å²) in [6, 6.07) is 3.49. The molecule has 1 saturated heterocycles. The lowest BCUT2D eigenvalue weighted by Gasteiger charge is -2.41. The van der Waals surface area contributed by atoms with Gasteiger partial charge in [0.15, 0.2) is 11.3 Å². The smallest absolute Gasteiger partial charge is 0.274 e. The molecule has 1 unspecified atom stereocenters. The van der Waals surface area contributed by atoms with E-state index in [1.807, 2.05) is 35.7 Å². The summed E-state index contributed by atoms with van der Waals surface area (Å²) in [5.74, 6) is 0.00420. The van der Waals surface area contributed by atoms with Crippen molar-refractivity contribution in [1.29, 1.82) is 0 Å². The Balaban J connectivity index is 1.73. The first-order valence-electron chi connectivity index (χ1n) is 8.53. The highest BCUT2D eigenvalue weighted by atomic mass is 16.2. The lowest BCUT2D eigenvalue weighted by atomic mass is 10.1. The summed E-state index contributed by atoms with van der Waals surface area (Å²) in [5.41, 5.74) is 1.05. The van der Waals surface area contributed by atoms with Gasteiger partial charge in [0.05, 0.1) is 6.54 Å². The van der Waals surface area contributed by atoms with Crippen LogP contribution >= 0.6 is 0 Å². The first-order chi connectivity index (χ1) is 12.0. The zero-order chi connectivity index (χ0) is 18.0. The van der Waals surface area contributed by atoms with E-state index >= 15 is 0 Å². The predicted octanol–water partition coefficient (Wildman–Crippen LogP) is 0.354. The third kappa shape index (κ3) is 3.63. The summed E-state index contributed by atoms with van der Waals surface area (Å²) in [5, 5.41) is 4.33. The molecule has 1 atom stereocenters. The minimum absolute atomic E-state index is 0.00475. The Labute approximate surface area is 147 Å². The third-order valence-electron chi connectivity index (χ3n) is 4.47. The lowest BCUT2D eigenvalue weighted by molar-refractivity contribution is -0.134. The molecule has 0 aliphatic carbocycles. The Bertz CT molecular complexity index is 738. The van der Waals surface area contributed by atoms with E-state index in [2.05, 4.69) is 10.1 Å². The second kappa shape index (κ2) is 7.18. The van der Waals surface area contributed by atoms with E-state index in [4.69, 9.17) is 0 Å². The van der Waals surface area contributed by atoms with Crippen LogP contribution in [-0.2, 0) is 4.79 Å². The van der Waals surface area contributed by atoms with Crippen molar-refractivity contribution >= 4 is 17.5 Å². The number of hydrogen-bond donors (Lipinski definition) is 0. The number of piperazine rings is 1. The molecule has 3 rings (SSSR count). The minimum atomic E-state index is -0.0999. The van der Waals surface area contributed by atoms with E-state index in [9.17, 15) is 9.59 Å². The summed E-state index contributed by atoms with van der Waals surface area (Å²) in [6.07, 6.45) is 4.24. The van der Waals surface area contributed by atoms with Gasteiger partial charge in [0.2, 0.25) is 5.91 Å². The molecule has 0 spiro atoms. The van der Waals surface area contributed by atoms with Gasteiger partial charge < -0.3 is 14.7 Å². The molecule has 25 heavy (non-hydrogen) atoms. The monoisotopic (exact) mass is 344 g/mol. The number of carbonyl (C=O) groups excluding carboxylic acids is 2. The Morgan fingerprint density at radius 2 is 2.12 bits per heavy atom. The third-order valence-corrected chi connectivity index (χ3v) is 4.47. The van der Waals surface area contributed by atoms with Crippen molar-refractivity contribution in [2.75, 3.05) is 40.3 Å². The van der Waals surface area contributed by atoms with Gasteiger partial charge in [-0.15, -0.1) is 0 Å². The fourth-order valence-corrected chi connectivity index (χ4v) is 3.15. The average Bonchev–Trinajstić information content (AvgIpc) is 3.04. The Kier molecular flexibility index (Phi) is 4.98. The maximum Gasteiger partial charge on any atom is 0.274 e. The number of likely N-dealkylation sites (N-methyl/N-ethyl adjacent to an activating group) is 1. The maximum absolute atomic E-state index is 12.9. The number of carbonyl (C=O) groups is 2. The molecule has 2 aromatic rings. The molecule has 1 aliphatic heterocycles. The average molecular weight is 344 g/mol. The fourth-order valence-electron chi connectivity index (χ4n) is 3.15. The molecule has 1 fully saturated rings. The minimum Gasteiger partial charge on any atom is -0.338 e. The molecule has 2 amide bonds. The van der Waals surface area contributed by atoms with Crippen LogP contribution in [0.2, 0.25) is 0 Å². The van der Waals surface area contributed by atoms with Crippen molar-refractivity contribution < 1.29 is 9.59 Å². The van der Waals surface area contributed by atoms with Crippen LogP contribution < -0.4 is 0 Å². The fraction of sp³-hybridized carbons (Fsp3) is 0.529. The van der Waals surface area contributed by atoms with Gasteiger partial charge >= 0.3 is 0 Å². The molecule has 134 valence electrons. The van der Waals surface area contributed by atoms with Crippen LogP contribution in [0.25, 0.3) is 5.65 Å². The van der Waals surface area contributed by atoms with Crippen LogP contribution in [0, 0.1) is 0 Å². The quantitative estimate of drug-likeness (QED) is 0.800. The summed E-state index contributed by atoms with van der Waals surface area (Å²) in [6.45, 7) is 4.08. The topological polar surface area (TPSA) is 74.1 Å². The zero-order valence-electron chi connectivity index (χ0n) is 14.9. The van der Waals surface area contributed by atoms with E-state index in [-0.39, 0.29) is 17.9 Å². The van der Waals surface area contributed by atoms with Gasteiger partial charge in [-0.3, -0.25) is 9.59 Å². The summed E-state index contributed by atoms with van der Waals surface area (Å²) >= 11 is 0. The predicted molar refractivity (Wildman–Crippen MR) is 93.2 cm³/mol. The number of nitrogens with zero attached hydrogens (tertiary/aromatic N) is 6. The van der Waals surface area contributed by atoms with E-state index < -0.39 is 0 Å². The van der Waals surface area contributed by atoms with Crippen molar-refractivity contribution in [1.82, 2.24) is 29.3 Å². The summed E-state index contributed by atoms with van der Waals surface area (Å²) in [7, 11) is 3.76. The molecule has 0 aromatic carbocycles. The Hall–Kier alpha value is -2.48. The van der Waals surface area contributed by atoms with Crippen LogP contribution in [-0.4, -0.2) is 87.4 Å². The van der Waals surface area contributed by atoms with Gasteiger partial charge in [0.1, 0.15) is 0 Å². The highest BCUT2D eigenvalue weighted by Gasteiger charge is 2.32. The number of amides is 2. The van der Waals surface area contributed by atoms with E-state index in [1.54, 1.807) is 29.0 Å². The molecule has 0 radical (unpaired) electrons. The van der Waals surface area contributed by atoms with Crippen molar-refractivity contribution in [3.63, 3.8) is 0 Å². The largest absolute Gasteiger partial charge is 0.338 e. The highest BCUT2D eigenvalue weighted by molar-refractivity contribution is 5.93. The van der Waals surface area contributed by atoms with Gasteiger partial charge in [-0.05, 0) is 26.6 Å². The second-order valence-electron chi connectivity index (χ2n) is 6.59. The standard InChI is InChI=1S/C17H24N6O2/c1-4-13-11-21(16(24)12-20(2)3)8-9-22(13)17(25)14-10-15-18-6-5-7-23(15)19-14/h5-7,10,13H,4,8-9,11-12H2,1-3H3. The zero-order valence-corrected chi connectivity index (χ0v) is 14.9. The van der Waals surface area contributed by atoms with Gasteiger partial charge in [0.25, 0.3) is 5.91 Å². The molecule has 0 bridgehead atoms. The highest BCUT2D eigenvalue weighted by Crippen LogP contribution is 2.17. The Morgan fingerprint density at radius 1 is 1.32 bits per heavy atom. The first-order valence-corrected chi connectivity index (χ1v) is 8.53. The number of fused-ring (bicyclic) bond motifs is 1. The SMILES string of the molecule is CCC1CN(C(=O)CN(C)C)CCN1C(=O)c1cc2ncccn2n1. The second-order valence-corrected chi connectivity index (χ2v) is 6.59. The summed E-state index contributed by atoms with van der Waals surface area (Å²) < 4.78 is 1.60. The molecular formula is C17H24N6O2. The van der Waals surface area contributed by atoms with Gasteiger partial charge in [-0.25, -0.2) is 9.50 Å². The van der Waals surface area contributed by atoms with Gasteiger partial charge in [-0.1, -0.05) is 6.92 Å². The van der Waals surface area contributed by atoms with Crippen LogP contribution in [0.4, 0.5) is 0 Å². The van der Waals surface area contributed by atoms with Crippen LogP contribution in [0.1, 0.15) is 23.8 Å². The molecule has 8 nitrogen and oxygen atoms in total. The van der Waals surface area contributed by atoms with Crippen molar-refractivity contribution in [3.8, 4) is 0 Å². The maximum atomic E-state index is 12.9. The number of hydrogen-bond acceptors (Lipinski definition) is 5. The van der Waals surface area contributed by atoms with E-state index in [0.29, 0.717) is 37.5 Å². The normalized spacial score (nSPS) is 18.2. The Morgan fingerprint density at radius 3 is 2.80 bits per heavy atom. The van der Waals surface area contributed by atoms with Crippen LogP contribution in [0.3, 0.4) is 0 Å². The molecule has 0 saturated carbocycles. The molecule has 2 aromatic heterocycles. The molecule has 1 aliphatic rings. The van der Waals surface area contributed by atoms with Crippen molar-refractivity contribution in [2.24, 2.45) is 0 Å². The van der Waals surface area contributed by atoms with Gasteiger partial charge in [0, 0.05) is 44.1 Å². The van der Waals surface area contributed by atoms with Crippen LogP contribution in [0.15, 0.2) is 24.5 Å². The number of aromatic nitrogens is 3. The molecule has 0 N–H and O–H groups in total. The van der Waals surface area contributed by atoms with Crippen molar-refractivity contribution in [3.05, 3.63) is 30.2 Å². The van der Waals surface area contributed by atoms with Gasteiger partial charge in [-0.2, -0.15) is 5.10 Å². The van der Waals surface area contributed by atoms with Crippen molar-refractivity contribution in [2.45, 2.75) is 19.4 Å². The number of rotatable bonds is 4. The van der Waals surface area contributed by atoms with Crippen LogP contribution in [0.5, 0.6) is 0 Å².